The van der Waals surface area contributed by atoms with Crippen LogP contribution in [-0.2, 0) is 0 Å². The number of hydrogen-bond acceptors (Lipinski definition) is 0. The van der Waals surface area contributed by atoms with Crippen molar-refractivity contribution in [3.05, 3.63) is 0 Å². The molecule has 0 amide bonds. The zero-order chi connectivity index (χ0) is 12.2. The molecule has 6 atom stereocenters. The third-order valence-electron chi connectivity index (χ3n) is 7.78. The van der Waals surface area contributed by atoms with E-state index >= 15 is 0 Å². The van der Waals surface area contributed by atoms with Gasteiger partial charge in [0.25, 0.3) is 0 Å². The lowest BCUT2D eigenvalue weighted by molar-refractivity contribution is -0.0834. The number of rotatable bonds is 0. The van der Waals surface area contributed by atoms with Crippen LogP contribution in [0.5, 0.6) is 0 Å². The lowest BCUT2D eigenvalue weighted by Gasteiger charge is -2.58. The van der Waals surface area contributed by atoms with Crippen LogP contribution in [0, 0.1) is 35.0 Å². The summed E-state index contributed by atoms with van der Waals surface area (Å²) in [6, 6.07) is 0. The lowest BCUT2D eigenvalue weighted by Crippen LogP contribution is -2.49. The van der Waals surface area contributed by atoms with Crippen molar-refractivity contribution < 1.29 is 0 Å². The van der Waals surface area contributed by atoms with Crippen LogP contribution in [0.3, 0.4) is 0 Å². The van der Waals surface area contributed by atoms with Gasteiger partial charge in [0.15, 0.2) is 0 Å². The van der Waals surface area contributed by atoms with E-state index in [-0.39, 0.29) is 0 Å². The third kappa shape index (κ3) is 1.56. The minimum absolute atomic E-state index is 0.759. The molecule has 0 aromatic rings. The summed E-state index contributed by atoms with van der Waals surface area (Å²) in [7, 11) is 0. The highest BCUT2D eigenvalue weighted by Gasteiger charge is 2.53. The molecule has 4 aliphatic carbocycles. The van der Waals surface area contributed by atoms with Crippen molar-refractivity contribution in [3.63, 3.8) is 0 Å². The predicted molar refractivity (Wildman–Crippen MR) is 76.3 cm³/mol. The monoisotopic (exact) mass is 246 g/mol. The number of fused-ring (bicyclic) bond motifs is 5. The Hall–Kier alpha value is 0. The molecule has 0 heterocycles. The van der Waals surface area contributed by atoms with E-state index in [2.05, 4.69) is 6.92 Å². The highest BCUT2D eigenvalue weighted by Crippen LogP contribution is 2.62. The first kappa shape index (κ1) is 11.8. The van der Waals surface area contributed by atoms with Crippen molar-refractivity contribution in [2.45, 2.75) is 77.6 Å². The second-order valence-electron chi connectivity index (χ2n) is 8.23. The van der Waals surface area contributed by atoms with Crippen molar-refractivity contribution >= 4 is 0 Å². The minimum Gasteiger partial charge on any atom is -0.0591 e. The largest absolute Gasteiger partial charge is 0.0591 e. The van der Waals surface area contributed by atoms with Gasteiger partial charge in [0, 0.05) is 0 Å². The summed E-state index contributed by atoms with van der Waals surface area (Å²) in [4.78, 5) is 0. The Labute approximate surface area is 113 Å². The Morgan fingerprint density at radius 2 is 1.67 bits per heavy atom. The van der Waals surface area contributed by atoms with Gasteiger partial charge in [-0.25, -0.2) is 0 Å². The summed E-state index contributed by atoms with van der Waals surface area (Å²) >= 11 is 0. The third-order valence-corrected chi connectivity index (χ3v) is 7.78. The van der Waals surface area contributed by atoms with Crippen LogP contribution in [0.25, 0.3) is 0 Å². The molecule has 4 fully saturated rings. The molecule has 2 unspecified atom stereocenters. The first-order chi connectivity index (χ1) is 8.79. The van der Waals surface area contributed by atoms with Gasteiger partial charge in [-0.3, -0.25) is 0 Å². The molecule has 0 aromatic carbocycles. The molecule has 4 aliphatic rings. The summed E-state index contributed by atoms with van der Waals surface area (Å²) in [5.41, 5.74) is 0.759. The molecular formula is C18H30. The molecule has 0 saturated heterocycles. The van der Waals surface area contributed by atoms with Crippen molar-refractivity contribution in [2.75, 3.05) is 0 Å². The molecule has 0 nitrogen and oxygen atoms in total. The fourth-order valence-corrected chi connectivity index (χ4v) is 6.91. The van der Waals surface area contributed by atoms with Crippen LogP contribution in [0.1, 0.15) is 77.6 Å². The Bertz CT molecular complexity index is 320. The van der Waals surface area contributed by atoms with Crippen molar-refractivity contribution in [2.24, 2.45) is 35.0 Å². The van der Waals surface area contributed by atoms with Crippen LogP contribution >= 0.6 is 0 Å². The average Bonchev–Trinajstić information content (AvgIpc) is 2.86. The Morgan fingerprint density at radius 1 is 0.722 bits per heavy atom. The maximum Gasteiger partial charge on any atom is -0.0266 e. The highest BCUT2D eigenvalue weighted by molar-refractivity contribution is 5.03. The Kier molecular flexibility index (Phi) is 2.79. The van der Waals surface area contributed by atoms with Gasteiger partial charge in [0.2, 0.25) is 0 Å². The predicted octanol–water partition coefficient (Wildman–Crippen LogP) is 5.42. The Morgan fingerprint density at radius 3 is 2.61 bits per heavy atom. The van der Waals surface area contributed by atoms with Gasteiger partial charge in [-0.15, -0.1) is 0 Å². The van der Waals surface area contributed by atoms with Crippen LogP contribution < -0.4 is 0 Å². The molecule has 18 heavy (non-hydrogen) atoms. The zero-order valence-electron chi connectivity index (χ0n) is 12.2. The summed E-state index contributed by atoms with van der Waals surface area (Å²) < 4.78 is 0. The zero-order valence-corrected chi connectivity index (χ0v) is 12.2. The van der Waals surface area contributed by atoms with Crippen LogP contribution in [0.15, 0.2) is 0 Å². The molecule has 0 heteroatoms. The van der Waals surface area contributed by atoms with Gasteiger partial charge in [-0.2, -0.15) is 0 Å². The first-order valence-electron chi connectivity index (χ1n) is 8.79. The molecular weight excluding hydrogens is 216 g/mol. The lowest BCUT2D eigenvalue weighted by atomic mass is 9.47. The van der Waals surface area contributed by atoms with E-state index in [4.69, 9.17) is 0 Å². The molecule has 0 radical (unpaired) electrons. The molecule has 0 N–H and O–H groups in total. The molecule has 102 valence electrons. The van der Waals surface area contributed by atoms with E-state index in [1.54, 1.807) is 57.8 Å². The molecule has 0 spiro atoms. The summed E-state index contributed by atoms with van der Waals surface area (Å²) in [5, 5.41) is 0. The van der Waals surface area contributed by atoms with E-state index in [0.717, 1.165) is 35.0 Å². The van der Waals surface area contributed by atoms with Crippen LogP contribution in [0.4, 0.5) is 0 Å². The van der Waals surface area contributed by atoms with E-state index in [1.165, 1.54) is 12.8 Å². The van der Waals surface area contributed by atoms with Crippen LogP contribution in [-0.4, -0.2) is 0 Å². The SMILES string of the molecule is C[C@]12CCCC[C@@H]1CCC1[C@@H]3CCCC3CC[C@@H]12. The fraction of sp³-hybridized carbons (Fsp3) is 1.00. The van der Waals surface area contributed by atoms with Gasteiger partial charge < -0.3 is 0 Å². The van der Waals surface area contributed by atoms with Crippen molar-refractivity contribution in [1.29, 1.82) is 0 Å². The highest BCUT2D eigenvalue weighted by atomic mass is 14.6. The second-order valence-corrected chi connectivity index (χ2v) is 8.23. The Balaban J connectivity index is 1.62. The van der Waals surface area contributed by atoms with E-state index in [1.807, 2.05) is 0 Å². The molecule has 4 rings (SSSR count). The minimum atomic E-state index is 0.759. The van der Waals surface area contributed by atoms with E-state index < -0.39 is 0 Å². The molecule has 0 bridgehead atoms. The smallest absolute Gasteiger partial charge is 0.0266 e. The van der Waals surface area contributed by atoms with Gasteiger partial charge in [0.05, 0.1) is 0 Å². The maximum atomic E-state index is 2.70. The van der Waals surface area contributed by atoms with Crippen molar-refractivity contribution in [3.8, 4) is 0 Å². The van der Waals surface area contributed by atoms with Gasteiger partial charge in [-0.05, 0) is 80.0 Å². The normalized spacial score (nSPS) is 55.5. The quantitative estimate of drug-likeness (QED) is 0.535. The van der Waals surface area contributed by atoms with Gasteiger partial charge >= 0.3 is 0 Å². The maximum absolute atomic E-state index is 2.70. The summed E-state index contributed by atoms with van der Waals surface area (Å²) in [5.74, 6) is 5.67. The van der Waals surface area contributed by atoms with Gasteiger partial charge in [0.1, 0.15) is 0 Å². The first-order valence-corrected chi connectivity index (χ1v) is 8.79. The average molecular weight is 246 g/mol. The topological polar surface area (TPSA) is 0 Å². The summed E-state index contributed by atoms with van der Waals surface area (Å²) in [6.45, 7) is 2.70. The summed E-state index contributed by atoms with van der Waals surface area (Å²) in [6.07, 6.45) is 17.3. The number of hydrogen-bond donors (Lipinski definition) is 0. The second kappa shape index (κ2) is 4.25. The van der Waals surface area contributed by atoms with Gasteiger partial charge in [-0.1, -0.05) is 32.6 Å². The molecule has 0 aliphatic heterocycles. The van der Waals surface area contributed by atoms with E-state index in [9.17, 15) is 0 Å². The molecule has 0 aromatic heterocycles. The standard InChI is InChI=1S/C18H30/c1-18-12-3-2-6-14(18)9-10-16-15-7-4-5-13(15)8-11-17(16)18/h13-17H,2-12H2,1H3/t13?,14-,15-,16?,17+,18+/m1/s1. The molecule has 4 saturated carbocycles. The van der Waals surface area contributed by atoms with Crippen LogP contribution in [0.2, 0.25) is 0 Å². The fourth-order valence-electron chi connectivity index (χ4n) is 6.91. The van der Waals surface area contributed by atoms with E-state index in [0.29, 0.717) is 0 Å². The van der Waals surface area contributed by atoms with Crippen molar-refractivity contribution in [1.82, 2.24) is 0 Å².